The van der Waals surface area contributed by atoms with Crippen LogP contribution in [0.3, 0.4) is 0 Å². The normalized spacial score (nSPS) is 9.69. The molecule has 0 fully saturated rings. The number of hydrogen-bond acceptors (Lipinski definition) is 0. The van der Waals surface area contributed by atoms with Crippen LogP contribution in [0.1, 0.15) is 41.5 Å². The molecule has 0 heterocycles. The average molecular weight is 285 g/mol. The molecule has 0 spiro atoms. The largest absolute Gasteiger partial charge is 0.653 e. The Hall–Kier alpha value is 1.54. The third-order valence-corrected chi connectivity index (χ3v) is 0.671. The second-order valence-corrected chi connectivity index (χ2v) is 4.45. The second-order valence-electron chi connectivity index (χ2n) is 4.45. The fraction of sp³-hybridized carbons (Fsp3) is 1.00. The summed E-state index contributed by atoms with van der Waals surface area (Å²) in [7, 11) is 0. The smallest absolute Gasteiger partial charge is 0 e. The molecule has 0 saturated heterocycles. The molecule has 1 nitrogen and oxygen atoms in total. The molecule has 0 rings (SSSR count). The van der Waals surface area contributed by atoms with Crippen LogP contribution < -0.4 is 0 Å². The van der Waals surface area contributed by atoms with Crippen molar-refractivity contribution in [3.8, 4) is 0 Å². The van der Waals surface area contributed by atoms with Crippen molar-refractivity contribution in [3.05, 3.63) is 5.32 Å². The molecule has 0 amide bonds. The van der Waals surface area contributed by atoms with Crippen molar-refractivity contribution in [2.45, 2.75) is 52.6 Å². The van der Waals surface area contributed by atoms with E-state index in [0.29, 0.717) is 0 Å². The fourth-order valence-electron chi connectivity index (χ4n) is 1.01. The van der Waals surface area contributed by atoms with E-state index in [1.54, 1.807) is 0 Å². The van der Waals surface area contributed by atoms with Gasteiger partial charge in [0.25, 0.3) is 0 Å². The van der Waals surface area contributed by atoms with Crippen LogP contribution in [0.5, 0.6) is 0 Å². The van der Waals surface area contributed by atoms with Crippen molar-refractivity contribution in [1.29, 1.82) is 0 Å². The van der Waals surface area contributed by atoms with Gasteiger partial charge in [-0.3, -0.25) is 0 Å². The summed E-state index contributed by atoms with van der Waals surface area (Å²) in [5.74, 6) is 0. The summed E-state index contributed by atoms with van der Waals surface area (Å²) < 4.78 is 0. The van der Waals surface area contributed by atoms with Gasteiger partial charge in [0.05, 0.1) is 0 Å². The monoisotopic (exact) mass is 284 g/mol. The summed E-state index contributed by atoms with van der Waals surface area (Å²) in [5.41, 5.74) is 0.219. The minimum absolute atomic E-state index is 0. The van der Waals surface area contributed by atoms with Crippen LogP contribution in [-0.2, 0) is 21.7 Å². The average Bonchev–Trinajstić information content (AvgIpc) is 1.14. The molecule has 0 aromatic rings. The van der Waals surface area contributed by atoms with Crippen LogP contribution in [0.4, 0.5) is 0 Å². The molecule has 0 aromatic carbocycles. The summed E-state index contributed by atoms with van der Waals surface area (Å²) in [5, 5.41) is 4.54. The maximum Gasteiger partial charge on any atom is 0 e. The maximum absolute atomic E-state index is 4.54. The molecule has 0 aliphatic rings. The van der Waals surface area contributed by atoms with E-state index in [9.17, 15) is 0 Å². The van der Waals surface area contributed by atoms with E-state index in [0.717, 1.165) is 0 Å². The van der Waals surface area contributed by atoms with Crippen LogP contribution >= 0.6 is 37.2 Å². The van der Waals surface area contributed by atoms with E-state index < -0.39 is 0 Å². The van der Waals surface area contributed by atoms with Gasteiger partial charge in [0, 0.05) is 21.7 Å². The Morgan fingerprint density at radius 3 is 0.769 bits per heavy atom. The Morgan fingerprint density at radius 2 is 0.769 bits per heavy atom. The van der Waals surface area contributed by atoms with E-state index in [4.69, 9.17) is 0 Å². The van der Waals surface area contributed by atoms with Crippen LogP contribution in [-0.4, -0.2) is 11.1 Å². The standard InChI is InChI=1S/C8H18N.3ClH.Ti/c1-7(2,3)9-8(4,5)6;;;;/h1-6H3;3*1H;/q-1;;;;. The Morgan fingerprint density at radius 1 is 0.615 bits per heavy atom. The quantitative estimate of drug-likeness (QED) is 0.592. The molecule has 0 atom stereocenters. The molecular formula is C8H21Cl3NTi-. The van der Waals surface area contributed by atoms with Crippen molar-refractivity contribution in [2.24, 2.45) is 0 Å². The van der Waals surface area contributed by atoms with Crippen molar-refractivity contribution < 1.29 is 21.7 Å². The van der Waals surface area contributed by atoms with Crippen molar-refractivity contribution in [2.75, 3.05) is 0 Å². The van der Waals surface area contributed by atoms with Gasteiger partial charge in [-0.2, -0.15) is 0 Å². The van der Waals surface area contributed by atoms with Gasteiger partial charge in [0.15, 0.2) is 0 Å². The van der Waals surface area contributed by atoms with Crippen molar-refractivity contribution in [3.63, 3.8) is 0 Å². The summed E-state index contributed by atoms with van der Waals surface area (Å²) in [4.78, 5) is 0. The van der Waals surface area contributed by atoms with Gasteiger partial charge in [-0.05, 0) is 0 Å². The van der Waals surface area contributed by atoms with Gasteiger partial charge in [0.2, 0.25) is 0 Å². The SMILES string of the molecule is CC(C)(C)[N-]C(C)(C)C.Cl.Cl.Cl.[Ti]. The van der Waals surface area contributed by atoms with E-state index in [2.05, 4.69) is 46.9 Å². The molecule has 84 valence electrons. The summed E-state index contributed by atoms with van der Waals surface area (Å²) in [6.45, 7) is 12.7. The Labute approximate surface area is 116 Å². The zero-order valence-corrected chi connectivity index (χ0v) is 13.2. The van der Waals surface area contributed by atoms with Gasteiger partial charge in [0.1, 0.15) is 0 Å². The molecule has 0 aromatic heterocycles. The Kier molecular flexibility index (Phi) is 22.7. The molecule has 0 bridgehead atoms. The number of halogens is 3. The molecular weight excluding hydrogens is 264 g/mol. The van der Waals surface area contributed by atoms with Crippen LogP contribution in [0.15, 0.2) is 0 Å². The van der Waals surface area contributed by atoms with Crippen molar-refractivity contribution >= 4 is 37.2 Å². The number of rotatable bonds is 0. The first-order chi connectivity index (χ1) is 3.71. The predicted molar refractivity (Wildman–Crippen MR) is 64.6 cm³/mol. The van der Waals surface area contributed by atoms with Gasteiger partial charge >= 0.3 is 0 Å². The van der Waals surface area contributed by atoms with Crippen LogP contribution in [0, 0.1) is 0 Å². The summed E-state index contributed by atoms with van der Waals surface area (Å²) in [6.07, 6.45) is 0. The molecule has 0 aliphatic heterocycles. The maximum atomic E-state index is 4.54. The molecule has 0 radical (unpaired) electrons. The first kappa shape index (κ1) is 29.3. The molecule has 0 saturated carbocycles. The fourth-order valence-corrected chi connectivity index (χ4v) is 1.01. The zero-order chi connectivity index (χ0) is 7.71. The first-order valence-corrected chi connectivity index (χ1v) is 3.45. The minimum atomic E-state index is 0. The predicted octanol–water partition coefficient (Wildman–Crippen LogP) is 4.22. The van der Waals surface area contributed by atoms with E-state index in [1.165, 1.54) is 0 Å². The molecule has 0 N–H and O–H groups in total. The van der Waals surface area contributed by atoms with Crippen LogP contribution in [0.25, 0.3) is 5.32 Å². The number of nitrogens with zero attached hydrogens (tertiary/aromatic N) is 1. The summed E-state index contributed by atoms with van der Waals surface area (Å²) >= 11 is 0. The minimum Gasteiger partial charge on any atom is -0.653 e. The zero-order valence-electron chi connectivity index (χ0n) is 9.17. The van der Waals surface area contributed by atoms with Gasteiger partial charge in [-0.15, -0.1) is 48.3 Å². The van der Waals surface area contributed by atoms with Gasteiger partial charge < -0.3 is 5.32 Å². The topological polar surface area (TPSA) is 14.1 Å². The third kappa shape index (κ3) is 31.7. The molecule has 0 aliphatic carbocycles. The van der Waals surface area contributed by atoms with E-state index in [1.807, 2.05) is 0 Å². The third-order valence-electron chi connectivity index (χ3n) is 0.671. The molecule has 13 heavy (non-hydrogen) atoms. The molecule has 0 unspecified atom stereocenters. The molecule has 5 heteroatoms. The van der Waals surface area contributed by atoms with Gasteiger partial charge in [-0.25, -0.2) is 0 Å². The summed E-state index contributed by atoms with van der Waals surface area (Å²) in [6, 6.07) is 0. The van der Waals surface area contributed by atoms with Crippen LogP contribution in [0.2, 0.25) is 0 Å². The van der Waals surface area contributed by atoms with Gasteiger partial charge in [-0.1, -0.05) is 41.5 Å². The Bertz CT molecular complexity index is 84.5. The Balaban J connectivity index is -0.0000000533. The van der Waals surface area contributed by atoms with E-state index >= 15 is 0 Å². The van der Waals surface area contributed by atoms with E-state index in [-0.39, 0.29) is 70.0 Å². The number of hydrogen-bond donors (Lipinski definition) is 0. The first-order valence-electron chi connectivity index (χ1n) is 3.45. The van der Waals surface area contributed by atoms with Crippen molar-refractivity contribution in [1.82, 2.24) is 0 Å². The second kappa shape index (κ2) is 10.1.